The van der Waals surface area contributed by atoms with Crippen LogP contribution in [0.15, 0.2) is 36.9 Å². The second-order valence-electron chi connectivity index (χ2n) is 7.70. The van der Waals surface area contributed by atoms with Crippen LogP contribution in [0.1, 0.15) is 43.3 Å². The van der Waals surface area contributed by atoms with E-state index in [9.17, 15) is 0 Å². The van der Waals surface area contributed by atoms with Gasteiger partial charge in [-0.2, -0.15) is 10.2 Å². The van der Waals surface area contributed by atoms with Gasteiger partial charge in [-0.25, -0.2) is 0 Å². The zero-order chi connectivity index (χ0) is 19.2. The van der Waals surface area contributed by atoms with Crippen molar-refractivity contribution >= 4 is 21.6 Å². The molecule has 0 aromatic carbocycles. The molecule has 0 spiro atoms. The Labute approximate surface area is 171 Å². The molecule has 8 heteroatoms. The predicted octanol–water partition coefficient (Wildman–Crippen LogP) is 4.90. The van der Waals surface area contributed by atoms with E-state index in [0.29, 0.717) is 12.0 Å². The van der Waals surface area contributed by atoms with Crippen molar-refractivity contribution < 1.29 is 9.47 Å². The van der Waals surface area contributed by atoms with E-state index in [1.807, 2.05) is 24.7 Å². The zero-order valence-electron chi connectivity index (χ0n) is 15.9. The molecular weight excluding hydrogens is 386 g/mol. The third-order valence-corrected chi connectivity index (χ3v) is 6.82. The van der Waals surface area contributed by atoms with Crippen molar-refractivity contribution in [3.63, 3.8) is 0 Å². The number of H-pyrrole nitrogens is 1. The van der Waals surface area contributed by atoms with E-state index in [0.717, 1.165) is 63.9 Å². The molecule has 0 amide bonds. The molecule has 5 heterocycles. The summed E-state index contributed by atoms with van der Waals surface area (Å²) in [5.74, 6) is 2.09. The van der Waals surface area contributed by atoms with Crippen molar-refractivity contribution in [1.82, 2.24) is 25.0 Å². The SMILES string of the molecule is c1cc(Oc2cn(C3CC3)nc2C2CCOCC2)c2sc(-c3cn[nH]c3)cc2n1. The number of nitrogens with zero attached hydrogens (tertiary/aromatic N) is 4. The van der Waals surface area contributed by atoms with E-state index in [2.05, 4.69) is 32.1 Å². The maximum absolute atomic E-state index is 6.49. The van der Waals surface area contributed by atoms with Crippen LogP contribution in [0.5, 0.6) is 11.5 Å². The molecule has 2 aliphatic rings. The lowest BCUT2D eigenvalue weighted by molar-refractivity contribution is 0.0839. The number of aromatic amines is 1. The van der Waals surface area contributed by atoms with Crippen LogP contribution in [-0.4, -0.2) is 38.2 Å². The molecule has 7 nitrogen and oxygen atoms in total. The molecular formula is C21H21N5O2S. The van der Waals surface area contributed by atoms with Gasteiger partial charge in [0.2, 0.25) is 0 Å². The van der Waals surface area contributed by atoms with Crippen LogP contribution in [0.25, 0.3) is 20.7 Å². The fourth-order valence-electron chi connectivity index (χ4n) is 3.89. The lowest BCUT2D eigenvalue weighted by atomic mass is 9.96. The fourth-order valence-corrected chi connectivity index (χ4v) is 4.94. The van der Waals surface area contributed by atoms with Crippen LogP contribution < -0.4 is 4.74 Å². The quantitative estimate of drug-likeness (QED) is 0.509. The number of fused-ring (bicyclic) bond motifs is 1. The molecule has 1 saturated heterocycles. The lowest BCUT2D eigenvalue weighted by Crippen LogP contribution is -2.15. The smallest absolute Gasteiger partial charge is 0.168 e. The summed E-state index contributed by atoms with van der Waals surface area (Å²) in [5, 5.41) is 11.9. The first-order chi connectivity index (χ1) is 14.3. The number of hydrogen-bond donors (Lipinski definition) is 1. The number of pyridine rings is 1. The fraction of sp³-hybridized carbons (Fsp3) is 0.381. The maximum Gasteiger partial charge on any atom is 0.168 e. The minimum absolute atomic E-state index is 0.390. The van der Waals surface area contributed by atoms with Crippen molar-refractivity contribution in [3.8, 4) is 21.9 Å². The van der Waals surface area contributed by atoms with Crippen molar-refractivity contribution in [2.24, 2.45) is 0 Å². The predicted molar refractivity (Wildman–Crippen MR) is 111 cm³/mol. The second-order valence-corrected chi connectivity index (χ2v) is 8.75. The van der Waals surface area contributed by atoms with Crippen LogP contribution >= 0.6 is 11.3 Å². The van der Waals surface area contributed by atoms with Gasteiger partial charge in [0.05, 0.1) is 28.7 Å². The van der Waals surface area contributed by atoms with Gasteiger partial charge in [0.25, 0.3) is 0 Å². The van der Waals surface area contributed by atoms with E-state index >= 15 is 0 Å². The van der Waals surface area contributed by atoms with E-state index in [-0.39, 0.29) is 0 Å². The summed E-state index contributed by atoms with van der Waals surface area (Å²) in [4.78, 5) is 5.65. The Bertz CT molecular complexity index is 1140. The summed E-state index contributed by atoms with van der Waals surface area (Å²) in [6.45, 7) is 1.58. The van der Waals surface area contributed by atoms with Crippen LogP contribution in [0.4, 0.5) is 0 Å². The Balaban J connectivity index is 1.38. The van der Waals surface area contributed by atoms with Gasteiger partial charge in [-0.1, -0.05) is 0 Å². The average Bonchev–Trinajstić information content (AvgIpc) is 3.16. The molecule has 0 radical (unpaired) electrons. The lowest BCUT2D eigenvalue weighted by Gasteiger charge is -2.21. The second kappa shape index (κ2) is 6.96. The molecule has 2 fully saturated rings. The molecule has 1 N–H and O–H groups in total. The highest BCUT2D eigenvalue weighted by atomic mass is 32.1. The highest BCUT2D eigenvalue weighted by molar-refractivity contribution is 7.22. The van der Waals surface area contributed by atoms with Crippen molar-refractivity contribution in [2.45, 2.75) is 37.6 Å². The summed E-state index contributed by atoms with van der Waals surface area (Å²) < 4.78 is 15.2. The summed E-state index contributed by atoms with van der Waals surface area (Å²) in [6.07, 6.45) is 12.0. The van der Waals surface area contributed by atoms with Crippen LogP contribution in [0, 0.1) is 0 Å². The van der Waals surface area contributed by atoms with Gasteiger partial charge < -0.3 is 9.47 Å². The average molecular weight is 407 g/mol. The van der Waals surface area contributed by atoms with E-state index < -0.39 is 0 Å². The summed E-state index contributed by atoms with van der Waals surface area (Å²) >= 11 is 1.67. The zero-order valence-corrected chi connectivity index (χ0v) is 16.7. The minimum Gasteiger partial charge on any atom is -0.452 e. The molecule has 0 atom stereocenters. The van der Waals surface area contributed by atoms with Crippen molar-refractivity contribution in [2.75, 3.05) is 13.2 Å². The molecule has 1 saturated carbocycles. The first-order valence-electron chi connectivity index (χ1n) is 10.1. The standard InChI is InChI=1S/C21H21N5O2S/c1-2-15(1)26-12-18(20(25-26)13-4-7-27-8-5-13)28-17-3-6-22-16-9-19(29-21(16)17)14-10-23-24-11-14/h3,6,9-13,15H,1-2,4-5,7-8H2,(H,23,24). The molecule has 0 unspecified atom stereocenters. The number of hydrogen-bond acceptors (Lipinski definition) is 6. The number of aromatic nitrogens is 5. The molecule has 1 aliphatic carbocycles. The summed E-state index contributed by atoms with van der Waals surface area (Å²) in [6, 6.07) is 4.56. The maximum atomic E-state index is 6.49. The van der Waals surface area contributed by atoms with Gasteiger partial charge in [0.1, 0.15) is 11.4 Å². The van der Waals surface area contributed by atoms with Gasteiger partial charge >= 0.3 is 0 Å². The number of ether oxygens (including phenoxy) is 2. The molecule has 29 heavy (non-hydrogen) atoms. The Hall–Kier alpha value is -2.71. The van der Waals surface area contributed by atoms with Crippen LogP contribution in [0.2, 0.25) is 0 Å². The van der Waals surface area contributed by atoms with Gasteiger partial charge in [-0.15, -0.1) is 11.3 Å². The first-order valence-corrected chi connectivity index (χ1v) is 10.9. The Morgan fingerprint density at radius 1 is 1.17 bits per heavy atom. The third kappa shape index (κ3) is 3.22. The Morgan fingerprint density at radius 3 is 2.86 bits per heavy atom. The van der Waals surface area contributed by atoms with E-state index in [1.54, 1.807) is 11.3 Å². The van der Waals surface area contributed by atoms with E-state index in [4.69, 9.17) is 14.6 Å². The monoisotopic (exact) mass is 407 g/mol. The largest absolute Gasteiger partial charge is 0.452 e. The highest BCUT2D eigenvalue weighted by Crippen LogP contribution is 2.43. The van der Waals surface area contributed by atoms with Gasteiger partial charge in [-0.3, -0.25) is 14.8 Å². The minimum atomic E-state index is 0.390. The molecule has 4 aromatic rings. The Morgan fingerprint density at radius 2 is 2.07 bits per heavy atom. The highest BCUT2D eigenvalue weighted by Gasteiger charge is 2.30. The molecule has 6 rings (SSSR count). The first kappa shape index (κ1) is 17.2. The molecule has 1 aliphatic heterocycles. The van der Waals surface area contributed by atoms with Gasteiger partial charge in [0, 0.05) is 48.0 Å². The van der Waals surface area contributed by atoms with Crippen LogP contribution in [0.3, 0.4) is 0 Å². The molecule has 148 valence electrons. The molecule has 4 aromatic heterocycles. The van der Waals surface area contributed by atoms with Gasteiger partial charge in [-0.05, 0) is 31.7 Å². The van der Waals surface area contributed by atoms with Crippen molar-refractivity contribution in [1.29, 1.82) is 0 Å². The Kier molecular flexibility index (Phi) is 4.12. The summed E-state index contributed by atoms with van der Waals surface area (Å²) in [7, 11) is 0. The summed E-state index contributed by atoms with van der Waals surface area (Å²) in [5.41, 5.74) is 3.06. The van der Waals surface area contributed by atoms with Crippen LogP contribution in [-0.2, 0) is 4.74 Å². The number of nitrogens with one attached hydrogen (secondary N) is 1. The number of thiophene rings is 1. The third-order valence-electron chi connectivity index (χ3n) is 5.63. The van der Waals surface area contributed by atoms with E-state index in [1.165, 1.54) is 12.8 Å². The number of rotatable bonds is 5. The topological polar surface area (TPSA) is 77.9 Å². The molecule has 0 bridgehead atoms. The normalized spacial score (nSPS) is 17.8. The van der Waals surface area contributed by atoms with Crippen molar-refractivity contribution in [3.05, 3.63) is 42.6 Å². The van der Waals surface area contributed by atoms with Gasteiger partial charge in [0.15, 0.2) is 5.75 Å².